The monoisotopic (exact) mass is 466 g/mol. The number of benzene rings is 4. The van der Waals surface area contributed by atoms with E-state index in [9.17, 15) is 9.90 Å². The number of esters is 1. The summed E-state index contributed by atoms with van der Waals surface area (Å²) < 4.78 is 17.0. The third kappa shape index (κ3) is 5.30. The molecule has 0 unspecified atom stereocenters. The van der Waals surface area contributed by atoms with E-state index in [0.717, 1.165) is 22.4 Å². The Kier molecular flexibility index (Phi) is 6.66. The molecule has 0 fully saturated rings. The first kappa shape index (κ1) is 22.5. The number of carbonyl (C=O) groups excluding carboxylic acids is 1. The molecule has 2 atom stereocenters. The van der Waals surface area contributed by atoms with Crippen molar-refractivity contribution in [1.29, 1.82) is 0 Å². The second-order valence-electron chi connectivity index (χ2n) is 8.53. The molecule has 0 radical (unpaired) electrons. The van der Waals surface area contributed by atoms with Gasteiger partial charge in [-0.3, -0.25) is 0 Å². The summed E-state index contributed by atoms with van der Waals surface area (Å²) in [4.78, 5) is 12.1. The van der Waals surface area contributed by atoms with Crippen LogP contribution in [-0.2, 0) is 16.1 Å². The fourth-order valence-electron chi connectivity index (χ4n) is 4.50. The highest BCUT2D eigenvalue weighted by atomic mass is 16.6. The van der Waals surface area contributed by atoms with Crippen molar-refractivity contribution >= 4 is 5.97 Å². The molecule has 35 heavy (non-hydrogen) atoms. The third-order valence-corrected chi connectivity index (χ3v) is 6.22. The third-order valence-electron chi connectivity index (χ3n) is 6.22. The molecule has 0 saturated carbocycles. The summed E-state index contributed by atoms with van der Waals surface area (Å²) in [6.45, 7) is 0.601. The first-order chi connectivity index (χ1) is 17.2. The fraction of sp³-hybridized carbons (Fsp3) is 0.167. The molecule has 0 spiro atoms. The lowest BCUT2D eigenvalue weighted by Gasteiger charge is -2.34. The average molecular weight is 467 g/mol. The van der Waals surface area contributed by atoms with E-state index in [1.807, 2.05) is 78.9 Å². The van der Waals surface area contributed by atoms with Crippen LogP contribution in [0.25, 0.3) is 0 Å². The Morgan fingerprint density at radius 2 is 1.57 bits per heavy atom. The molecule has 4 aromatic carbocycles. The van der Waals surface area contributed by atoms with Crippen LogP contribution in [0.4, 0.5) is 0 Å². The van der Waals surface area contributed by atoms with Crippen LogP contribution < -0.4 is 9.47 Å². The summed E-state index contributed by atoms with van der Waals surface area (Å²) in [5, 5.41) is 10.2. The number of fused-ring (bicyclic) bond motifs is 1. The van der Waals surface area contributed by atoms with Gasteiger partial charge >= 0.3 is 5.97 Å². The summed E-state index contributed by atoms with van der Waals surface area (Å²) >= 11 is 0. The van der Waals surface area contributed by atoms with Gasteiger partial charge in [-0.25, -0.2) is 4.79 Å². The van der Waals surface area contributed by atoms with Crippen molar-refractivity contribution in [2.45, 2.75) is 18.4 Å². The quantitative estimate of drug-likeness (QED) is 0.348. The van der Waals surface area contributed by atoms with E-state index in [1.54, 1.807) is 12.1 Å². The van der Waals surface area contributed by atoms with Gasteiger partial charge in [-0.1, -0.05) is 72.8 Å². The molecule has 5 rings (SSSR count). The minimum Gasteiger partial charge on any atom is -0.508 e. The van der Waals surface area contributed by atoms with Gasteiger partial charge in [0.25, 0.3) is 0 Å². The van der Waals surface area contributed by atoms with Crippen molar-refractivity contribution in [3.05, 3.63) is 125 Å². The maximum atomic E-state index is 12.1. The van der Waals surface area contributed by atoms with Crippen LogP contribution in [0.15, 0.2) is 103 Å². The van der Waals surface area contributed by atoms with Gasteiger partial charge in [-0.15, -0.1) is 0 Å². The SMILES string of the molecule is O=C(COc1ccc([C@H]2c3cc(O)ccc3OC[C@@H]2c2ccccc2)cc1)OCc1ccccc1. The molecule has 0 aliphatic carbocycles. The molecule has 0 amide bonds. The summed E-state index contributed by atoms with van der Waals surface area (Å²) in [6.07, 6.45) is 0. The molecular formula is C30H26O5. The molecule has 1 N–H and O–H groups in total. The van der Waals surface area contributed by atoms with E-state index in [2.05, 4.69) is 12.1 Å². The number of hydrogen-bond donors (Lipinski definition) is 1. The van der Waals surface area contributed by atoms with E-state index >= 15 is 0 Å². The number of phenols is 1. The molecule has 5 nitrogen and oxygen atoms in total. The van der Waals surface area contributed by atoms with E-state index < -0.39 is 5.97 Å². The first-order valence-corrected chi connectivity index (χ1v) is 11.6. The lowest BCUT2D eigenvalue weighted by Crippen LogP contribution is -2.25. The normalized spacial score (nSPS) is 16.6. The molecule has 1 aliphatic rings. The van der Waals surface area contributed by atoms with Gasteiger partial charge in [0.1, 0.15) is 23.9 Å². The van der Waals surface area contributed by atoms with Crippen LogP contribution in [0.3, 0.4) is 0 Å². The van der Waals surface area contributed by atoms with E-state index in [1.165, 1.54) is 5.56 Å². The maximum absolute atomic E-state index is 12.1. The highest BCUT2D eigenvalue weighted by molar-refractivity contribution is 5.71. The Balaban J connectivity index is 1.31. The molecular weight excluding hydrogens is 440 g/mol. The molecule has 1 aliphatic heterocycles. The highest BCUT2D eigenvalue weighted by Crippen LogP contribution is 2.47. The van der Waals surface area contributed by atoms with Crippen LogP contribution in [0, 0.1) is 0 Å². The van der Waals surface area contributed by atoms with E-state index in [0.29, 0.717) is 12.4 Å². The van der Waals surface area contributed by atoms with Gasteiger partial charge in [0.15, 0.2) is 6.61 Å². The molecule has 0 aromatic heterocycles. The Morgan fingerprint density at radius 1 is 0.857 bits per heavy atom. The number of ether oxygens (including phenoxy) is 3. The summed E-state index contributed by atoms with van der Waals surface area (Å²) in [5.41, 5.74) is 4.13. The largest absolute Gasteiger partial charge is 0.508 e. The van der Waals surface area contributed by atoms with Gasteiger partial charge in [0, 0.05) is 17.4 Å². The zero-order chi connectivity index (χ0) is 24.0. The number of hydrogen-bond acceptors (Lipinski definition) is 5. The minimum atomic E-state index is -0.420. The predicted octanol–water partition coefficient (Wildman–Crippen LogP) is 5.82. The van der Waals surface area contributed by atoms with Crippen LogP contribution in [-0.4, -0.2) is 24.3 Å². The minimum absolute atomic E-state index is 0.00172. The van der Waals surface area contributed by atoms with Gasteiger partial charge in [0.2, 0.25) is 0 Å². The predicted molar refractivity (Wildman–Crippen MR) is 133 cm³/mol. The standard InChI is InChI=1S/C30H26O5/c31-24-13-16-28-26(17-24)30(27(19-34-28)22-9-5-2-6-10-22)23-11-14-25(15-12-23)33-20-29(32)35-18-21-7-3-1-4-8-21/h1-17,27,30-31H,18-20H2/t27-,30+/m1/s1. The van der Waals surface area contributed by atoms with Gasteiger partial charge < -0.3 is 19.3 Å². The number of aromatic hydroxyl groups is 1. The van der Waals surface area contributed by atoms with Gasteiger partial charge in [-0.2, -0.15) is 0 Å². The van der Waals surface area contributed by atoms with Gasteiger partial charge in [-0.05, 0) is 47.0 Å². The van der Waals surface area contributed by atoms with Crippen LogP contribution in [0.1, 0.15) is 34.1 Å². The van der Waals surface area contributed by atoms with Crippen molar-refractivity contribution in [2.24, 2.45) is 0 Å². The van der Waals surface area contributed by atoms with E-state index in [4.69, 9.17) is 14.2 Å². The molecule has 5 heteroatoms. The first-order valence-electron chi connectivity index (χ1n) is 11.6. The lowest BCUT2D eigenvalue weighted by molar-refractivity contribution is -0.147. The van der Waals surface area contributed by atoms with Crippen molar-refractivity contribution in [3.8, 4) is 17.2 Å². The molecule has 4 aromatic rings. The molecule has 1 heterocycles. The lowest BCUT2D eigenvalue weighted by atomic mass is 9.76. The van der Waals surface area contributed by atoms with Crippen molar-refractivity contribution in [1.82, 2.24) is 0 Å². The van der Waals surface area contributed by atoms with Crippen LogP contribution in [0.2, 0.25) is 0 Å². The average Bonchev–Trinajstić information content (AvgIpc) is 2.91. The second-order valence-corrected chi connectivity index (χ2v) is 8.53. The van der Waals surface area contributed by atoms with Crippen molar-refractivity contribution in [2.75, 3.05) is 13.2 Å². The van der Waals surface area contributed by atoms with Crippen LogP contribution >= 0.6 is 0 Å². The zero-order valence-corrected chi connectivity index (χ0v) is 19.2. The Bertz CT molecular complexity index is 1270. The van der Waals surface area contributed by atoms with Crippen molar-refractivity contribution < 1.29 is 24.1 Å². The summed E-state index contributed by atoms with van der Waals surface area (Å²) in [5.74, 6) is 1.24. The molecule has 0 saturated heterocycles. The molecule has 0 bridgehead atoms. The fourth-order valence-corrected chi connectivity index (χ4v) is 4.50. The second kappa shape index (κ2) is 10.3. The van der Waals surface area contributed by atoms with Crippen LogP contribution in [0.5, 0.6) is 17.2 Å². The zero-order valence-electron chi connectivity index (χ0n) is 19.2. The van der Waals surface area contributed by atoms with Gasteiger partial charge in [0.05, 0.1) is 6.61 Å². The summed E-state index contributed by atoms with van der Waals surface area (Å²) in [6, 6.07) is 32.8. The topological polar surface area (TPSA) is 65.0 Å². The maximum Gasteiger partial charge on any atom is 0.344 e. The number of rotatable bonds is 7. The number of phenolic OH excluding ortho intramolecular Hbond substituents is 1. The Labute approximate surface area is 204 Å². The Hall–Kier alpha value is -4.25. The smallest absolute Gasteiger partial charge is 0.344 e. The summed E-state index contributed by atoms with van der Waals surface area (Å²) in [7, 11) is 0. The molecule has 176 valence electrons. The Morgan fingerprint density at radius 3 is 2.31 bits per heavy atom. The van der Waals surface area contributed by atoms with Crippen molar-refractivity contribution in [3.63, 3.8) is 0 Å². The number of carbonyl (C=O) groups is 1. The highest BCUT2D eigenvalue weighted by Gasteiger charge is 2.33. The van der Waals surface area contributed by atoms with E-state index in [-0.39, 0.29) is 30.8 Å².